The van der Waals surface area contributed by atoms with E-state index in [9.17, 15) is 0 Å². The van der Waals surface area contributed by atoms with E-state index >= 15 is 0 Å². The molecule has 0 saturated heterocycles. The molecule has 0 bridgehead atoms. The van der Waals surface area contributed by atoms with Gasteiger partial charge >= 0.3 is 62.7 Å². The summed E-state index contributed by atoms with van der Waals surface area (Å²) in [5.74, 6) is 2.80. The Morgan fingerprint density at radius 1 is 0.516 bits per heavy atom. The van der Waals surface area contributed by atoms with Gasteiger partial charge in [-0.05, 0) is 24.3 Å². The molecule has 1 heterocycles. The number of rotatable bonds is 0. The SMILES string of the molecule is [Br-].[C-]#[O+].[K+].[Mo].c1ccc2c(c1)OCCOCCOc1ccccc1OCCOCCO2. The van der Waals surface area contributed by atoms with Crippen LogP contribution in [0.2, 0.25) is 0 Å². The van der Waals surface area contributed by atoms with Crippen molar-refractivity contribution in [3.8, 4) is 23.0 Å². The third-order valence-corrected chi connectivity index (χ3v) is 3.64. The first-order chi connectivity index (χ1) is 13.9. The Morgan fingerprint density at radius 3 is 0.968 bits per heavy atom. The Labute approximate surface area is 250 Å². The molecule has 1 aliphatic rings. The molecule has 0 radical (unpaired) electrons. The zero-order chi connectivity index (χ0) is 19.9. The van der Waals surface area contributed by atoms with Crippen molar-refractivity contribution in [3.05, 3.63) is 55.2 Å². The summed E-state index contributed by atoms with van der Waals surface area (Å²) in [6.07, 6.45) is 0. The van der Waals surface area contributed by atoms with Crippen molar-refractivity contribution in [2.75, 3.05) is 52.9 Å². The van der Waals surface area contributed by atoms with Gasteiger partial charge in [0.25, 0.3) is 0 Å². The minimum absolute atomic E-state index is 0. The largest absolute Gasteiger partial charge is 1.00 e. The summed E-state index contributed by atoms with van der Waals surface area (Å²) in [6, 6.07) is 15.2. The van der Waals surface area contributed by atoms with E-state index in [0.29, 0.717) is 75.9 Å². The number of hydrogen-bond acceptors (Lipinski definition) is 6. The normalized spacial score (nSPS) is 14.3. The number of ether oxygens (including phenoxy) is 6. The van der Waals surface area contributed by atoms with Gasteiger partial charge in [-0.25, -0.2) is 0 Å². The van der Waals surface area contributed by atoms with Gasteiger partial charge in [-0.1, -0.05) is 24.3 Å². The van der Waals surface area contributed by atoms with Crippen LogP contribution in [-0.2, 0) is 35.2 Å². The molecule has 0 saturated carbocycles. The number of halogens is 1. The second-order valence-corrected chi connectivity index (χ2v) is 5.51. The third kappa shape index (κ3) is 13.4. The van der Waals surface area contributed by atoms with Crippen molar-refractivity contribution in [1.82, 2.24) is 0 Å². The summed E-state index contributed by atoms with van der Waals surface area (Å²) >= 11 is 0. The van der Waals surface area contributed by atoms with Crippen LogP contribution in [-0.4, -0.2) is 52.9 Å². The van der Waals surface area contributed by atoms with Crippen LogP contribution < -0.4 is 87.3 Å². The number of fused-ring (bicyclic) bond motifs is 2. The third-order valence-electron chi connectivity index (χ3n) is 3.64. The van der Waals surface area contributed by atoms with Gasteiger partial charge in [0.1, 0.15) is 26.4 Å². The molecule has 0 fully saturated rings. The van der Waals surface area contributed by atoms with Crippen molar-refractivity contribution in [2.24, 2.45) is 0 Å². The summed E-state index contributed by atoms with van der Waals surface area (Å²) in [5, 5.41) is 0. The van der Waals surface area contributed by atoms with Crippen LogP contribution in [0.5, 0.6) is 23.0 Å². The fourth-order valence-electron chi connectivity index (χ4n) is 2.42. The average Bonchev–Trinajstić information content (AvgIpc) is 2.75. The maximum atomic E-state index is 7.50. The monoisotopic (exact) mass is 604 g/mol. The van der Waals surface area contributed by atoms with E-state index in [1.54, 1.807) is 0 Å². The first-order valence-electron chi connectivity index (χ1n) is 8.98. The number of benzene rings is 2. The Kier molecular flexibility index (Phi) is 23.5. The zero-order valence-corrected chi connectivity index (χ0v) is 24.1. The van der Waals surface area contributed by atoms with Crippen LogP contribution in [0, 0.1) is 6.65 Å². The quantitative estimate of drug-likeness (QED) is 0.181. The van der Waals surface area contributed by atoms with Gasteiger partial charge in [0, 0.05) is 21.1 Å². The van der Waals surface area contributed by atoms with Crippen molar-refractivity contribution < 1.29 is 123 Å². The maximum Gasteiger partial charge on any atom is 1.00 e. The smallest absolute Gasteiger partial charge is 0.487 e. The first-order valence-corrected chi connectivity index (χ1v) is 8.98. The molecule has 0 aromatic heterocycles. The Bertz CT molecular complexity index is 609. The Balaban J connectivity index is 0. The van der Waals surface area contributed by atoms with Crippen LogP contribution in [0.4, 0.5) is 0 Å². The standard InChI is InChI=1S/C20H24O6.CO.BrH.K.Mo/c1-2-6-18-17(5-1)23-13-9-21-11-15-25-19-7-3-4-8-20(19)26-16-12-22-10-14-24-18;1-2;;;/h1-8H,9-16H2;;1H;;/q;;;+1;/p-1. The molecule has 7 nitrogen and oxygen atoms in total. The van der Waals surface area contributed by atoms with Gasteiger partial charge in [-0.15, -0.1) is 0 Å². The van der Waals surface area contributed by atoms with E-state index in [-0.39, 0.29) is 89.4 Å². The molecule has 2 aromatic carbocycles. The van der Waals surface area contributed by atoms with Crippen LogP contribution in [0.25, 0.3) is 0 Å². The minimum Gasteiger partial charge on any atom is -0.487 e. The predicted molar refractivity (Wildman–Crippen MR) is 100 cm³/mol. The van der Waals surface area contributed by atoms with E-state index in [2.05, 4.69) is 6.65 Å². The maximum absolute atomic E-state index is 7.50. The molecule has 10 heteroatoms. The fourth-order valence-corrected chi connectivity index (χ4v) is 2.42. The summed E-state index contributed by atoms with van der Waals surface area (Å²) in [6.45, 7) is 8.15. The molecule has 0 aliphatic carbocycles. The molecule has 164 valence electrons. The summed E-state index contributed by atoms with van der Waals surface area (Å²) in [4.78, 5) is 0. The van der Waals surface area contributed by atoms with Gasteiger partial charge < -0.3 is 45.4 Å². The second-order valence-electron chi connectivity index (χ2n) is 5.51. The Hall–Kier alpha value is 0.105. The molecule has 2 aromatic rings. The van der Waals surface area contributed by atoms with E-state index in [4.69, 9.17) is 33.1 Å². The topological polar surface area (TPSA) is 75.3 Å². The van der Waals surface area contributed by atoms with E-state index in [1.807, 2.05) is 48.5 Å². The molecule has 0 amide bonds. The van der Waals surface area contributed by atoms with Gasteiger partial charge in [-0.3, -0.25) is 0 Å². The minimum atomic E-state index is 0. The second kappa shape index (κ2) is 21.9. The van der Waals surface area contributed by atoms with Gasteiger partial charge in [-0.2, -0.15) is 0 Å². The first kappa shape index (κ1) is 33.3. The summed E-state index contributed by atoms with van der Waals surface area (Å²) < 4.78 is 41.6. The predicted octanol–water partition coefficient (Wildman–Crippen LogP) is -3.08. The van der Waals surface area contributed by atoms with E-state index < -0.39 is 0 Å². The molecule has 0 atom stereocenters. The molecular formula is C21H24BrKMoO7. The van der Waals surface area contributed by atoms with Gasteiger partial charge in [0.05, 0.1) is 26.4 Å². The number of hydrogen-bond donors (Lipinski definition) is 0. The van der Waals surface area contributed by atoms with Crippen molar-refractivity contribution >= 4 is 0 Å². The zero-order valence-electron chi connectivity index (χ0n) is 17.4. The van der Waals surface area contributed by atoms with Gasteiger partial charge in [0.2, 0.25) is 0 Å². The van der Waals surface area contributed by atoms with Crippen LogP contribution in [0.15, 0.2) is 48.5 Å². The summed E-state index contributed by atoms with van der Waals surface area (Å²) in [7, 11) is 0. The van der Waals surface area contributed by atoms with E-state index in [0.717, 1.165) is 0 Å². The van der Waals surface area contributed by atoms with Crippen molar-refractivity contribution in [2.45, 2.75) is 0 Å². The molecule has 0 unspecified atom stereocenters. The van der Waals surface area contributed by atoms with E-state index in [1.165, 1.54) is 0 Å². The Morgan fingerprint density at radius 2 is 0.742 bits per heavy atom. The van der Waals surface area contributed by atoms with Gasteiger partial charge in [0.15, 0.2) is 23.0 Å². The van der Waals surface area contributed by atoms with Crippen molar-refractivity contribution in [3.63, 3.8) is 0 Å². The molecule has 0 spiro atoms. The summed E-state index contributed by atoms with van der Waals surface area (Å²) in [5.41, 5.74) is 0. The molecule has 31 heavy (non-hydrogen) atoms. The van der Waals surface area contributed by atoms with Crippen molar-refractivity contribution in [1.29, 1.82) is 0 Å². The van der Waals surface area contributed by atoms with Crippen LogP contribution in [0.1, 0.15) is 0 Å². The molecule has 3 rings (SSSR count). The van der Waals surface area contributed by atoms with Crippen LogP contribution in [0.3, 0.4) is 0 Å². The molecular weight excluding hydrogens is 579 g/mol. The number of para-hydroxylation sites is 4. The average molecular weight is 603 g/mol. The molecule has 1 aliphatic heterocycles. The van der Waals surface area contributed by atoms with Crippen LogP contribution >= 0.6 is 0 Å². The fraction of sp³-hybridized carbons (Fsp3) is 0.381. The molecule has 0 N–H and O–H groups in total.